The van der Waals surface area contributed by atoms with Crippen LogP contribution in [-0.2, 0) is 6.54 Å². The molecule has 0 heterocycles. The van der Waals surface area contributed by atoms with Gasteiger partial charge in [-0.3, -0.25) is 0 Å². The van der Waals surface area contributed by atoms with Crippen molar-refractivity contribution in [1.29, 1.82) is 0 Å². The lowest BCUT2D eigenvalue weighted by molar-refractivity contribution is 0.414. The molecule has 94 valence electrons. The van der Waals surface area contributed by atoms with Crippen LogP contribution < -0.4 is 15.8 Å². The molecule has 4 heteroatoms. The van der Waals surface area contributed by atoms with E-state index in [1.807, 2.05) is 24.3 Å². The molecule has 3 N–H and O–H groups in total. The van der Waals surface area contributed by atoms with E-state index in [4.69, 9.17) is 10.5 Å². The molecule has 0 aromatic heterocycles. The van der Waals surface area contributed by atoms with Gasteiger partial charge >= 0.3 is 0 Å². The van der Waals surface area contributed by atoms with Crippen LogP contribution in [0, 0.1) is 5.82 Å². The van der Waals surface area contributed by atoms with Crippen LogP contribution in [0.5, 0.6) is 5.75 Å². The molecule has 0 fully saturated rings. The predicted molar refractivity (Wildman–Crippen MR) is 71.1 cm³/mol. The largest absolute Gasteiger partial charge is 0.497 e. The normalized spacial score (nSPS) is 10.1. The van der Waals surface area contributed by atoms with E-state index in [-0.39, 0.29) is 5.82 Å². The summed E-state index contributed by atoms with van der Waals surface area (Å²) in [4.78, 5) is 0. The number of ether oxygens (including phenoxy) is 1. The lowest BCUT2D eigenvalue weighted by Gasteiger charge is -2.08. The number of halogens is 1. The average molecular weight is 246 g/mol. The molecule has 0 bridgehead atoms. The fraction of sp³-hybridized carbons (Fsp3) is 0.143. The minimum atomic E-state index is -0.341. The number of methoxy groups -OCH3 is 1. The summed E-state index contributed by atoms with van der Waals surface area (Å²) in [7, 11) is 1.63. The molecule has 0 atom stereocenters. The second-order valence-corrected chi connectivity index (χ2v) is 3.97. The van der Waals surface area contributed by atoms with Crippen LogP contribution in [-0.4, -0.2) is 7.11 Å². The summed E-state index contributed by atoms with van der Waals surface area (Å²) in [6, 6.07) is 12.1. The van der Waals surface area contributed by atoms with Crippen LogP contribution >= 0.6 is 0 Å². The molecule has 0 aliphatic heterocycles. The Balaban J connectivity index is 2.01. The Morgan fingerprint density at radius 3 is 2.50 bits per heavy atom. The Labute approximate surface area is 105 Å². The molecule has 0 aliphatic carbocycles. The summed E-state index contributed by atoms with van der Waals surface area (Å²) >= 11 is 0. The van der Waals surface area contributed by atoms with E-state index in [0.29, 0.717) is 17.9 Å². The molecule has 2 aromatic rings. The quantitative estimate of drug-likeness (QED) is 0.815. The highest BCUT2D eigenvalue weighted by atomic mass is 19.1. The molecule has 18 heavy (non-hydrogen) atoms. The zero-order chi connectivity index (χ0) is 13.0. The zero-order valence-corrected chi connectivity index (χ0v) is 10.1. The van der Waals surface area contributed by atoms with Crippen molar-refractivity contribution in [3.05, 3.63) is 53.8 Å². The number of benzene rings is 2. The van der Waals surface area contributed by atoms with Gasteiger partial charge in [-0.25, -0.2) is 4.39 Å². The number of nitrogens with two attached hydrogens (primary N) is 1. The molecule has 0 unspecified atom stereocenters. The Morgan fingerprint density at radius 2 is 1.89 bits per heavy atom. The van der Waals surface area contributed by atoms with Crippen LogP contribution in [0.2, 0.25) is 0 Å². The summed E-state index contributed by atoms with van der Waals surface area (Å²) in [6.07, 6.45) is 0. The monoisotopic (exact) mass is 246 g/mol. The van der Waals surface area contributed by atoms with Gasteiger partial charge in [0, 0.05) is 17.9 Å². The number of hydrogen-bond acceptors (Lipinski definition) is 3. The maximum Gasteiger partial charge on any atom is 0.127 e. The molecule has 0 aliphatic rings. The van der Waals surface area contributed by atoms with Crippen molar-refractivity contribution in [2.24, 2.45) is 0 Å². The third kappa shape index (κ3) is 3.13. The van der Waals surface area contributed by atoms with Gasteiger partial charge in [-0.05, 0) is 35.9 Å². The molecule has 2 rings (SSSR count). The Morgan fingerprint density at radius 1 is 1.17 bits per heavy atom. The lowest BCUT2D eigenvalue weighted by Crippen LogP contribution is -2.00. The van der Waals surface area contributed by atoms with Gasteiger partial charge in [0.15, 0.2) is 0 Å². The van der Waals surface area contributed by atoms with Gasteiger partial charge in [-0.2, -0.15) is 0 Å². The highest BCUT2D eigenvalue weighted by Crippen LogP contribution is 2.17. The minimum Gasteiger partial charge on any atom is -0.497 e. The van der Waals surface area contributed by atoms with E-state index in [1.165, 1.54) is 12.1 Å². The lowest BCUT2D eigenvalue weighted by atomic mass is 10.2. The van der Waals surface area contributed by atoms with E-state index in [1.54, 1.807) is 13.2 Å². The number of anilines is 2. The van der Waals surface area contributed by atoms with Gasteiger partial charge in [0.05, 0.1) is 7.11 Å². The highest BCUT2D eigenvalue weighted by Gasteiger charge is 1.99. The molecule has 0 saturated carbocycles. The van der Waals surface area contributed by atoms with Crippen LogP contribution in [0.3, 0.4) is 0 Å². The summed E-state index contributed by atoms with van der Waals surface area (Å²) < 4.78 is 18.2. The number of rotatable bonds is 4. The van der Waals surface area contributed by atoms with Gasteiger partial charge in [0.1, 0.15) is 11.6 Å². The fourth-order valence-electron chi connectivity index (χ4n) is 1.66. The standard InChI is InChI=1S/C14H15FN2O/c1-18-14-4-2-10(3-5-14)9-17-13-7-11(15)6-12(16)8-13/h2-8,17H,9,16H2,1H3. The second-order valence-electron chi connectivity index (χ2n) is 3.97. The first-order valence-corrected chi connectivity index (χ1v) is 5.60. The van der Waals surface area contributed by atoms with Crippen LogP contribution in [0.1, 0.15) is 5.56 Å². The topological polar surface area (TPSA) is 47.3 Å². The van der Waals surface area contributed by atoms with Gasteiger partial charge in [0.25, 0.3) is 0 Å². The molecule has 0 spiro atoms. The maximum atomic E-state index is 13.1. The third-order valence-electron chi connectivity index (χ3n) is 2.58. The van der Waals surface area contributed by atoms with E-state index in [9.17, 15) is 4.39 Å². The van der Waals surface area contributed by atoms with E-state index in [2.05, 4.69) is 5.32 Å². The third-order valence-corrected chi connectivity index (χ3v) is 2.58. The van der Waals surface area contributed by atoms with Crippen molar-refractivity contribution in [2.45, 2.75) is 6.54 Å². The van der Waals surface area contributed by atoms with Crippen molar-refractivity contribution >= 4 is 11.4 Å². The molecule has 3 nitrogen and oxygen atoms in total. The fourth-order valence-corrected chi connectivity index (χ4v) is 1.66. The molecule has 0 saturated heterocycles. The number of nitrogens with one attached hydrogen (secondary N) is 1. The van der Waals surface area contributed by atoms with Crippen LogP contribution in [0.25, 0.3) is 0 Å². The van der Waals surface area contributed by atoms with Gasteiger partial charge in [-0.15, -0.1) is 0 Å². The van der Waals surface area contributed by atoms with Crippen molar-refractivity contribution < 1.29 is 9.13 Å². The smallest absolute Gasteiger partial charge is 0.127 e. The van der Waals surface area contributed by atoms with Crippen molar-refractivity contribution in [3.63, 3.8) is 0 Å². The highest BCUT2D eigenvalue weighted by molar-refractivity contribution is 5.54. The van der Waals surface area contributed by atoms with Crippen molar-refractivity contribution in [2.75, 3.05) is 18.2 Å². The first-order chi connectivity index (χ1) is 8.67. The first kappa shape index (κ1) is 12.2. The van der Waals surface area contributed by atoms with Crippen molar-refractivity contribution in [3.8, 4) is 5.75 Å². The summed E-state index contributed by atoms with van der Waals surface area (Å²) in [5.74, 6) is 0.473. The maximum absolute atomic E-state index is 13.1. The molecular formula is C14H15FN2O. The number of nitrogen functional groups attached to an aromatic ring is 1. The molecule has 2 aromatic carbocycles. The summed E-state index contributed by atoms with van der Waals surface area (Å²) in [5.41, 5.74) is 7.73. The number of hydrogen-bond donors (Lipinski definition) is 2. The molecule has 0 amide bonds. The van der Waals surface area contributed by atoms with E-state index >= 15 is 0 Å². The van der Waals surface area contributed by atoms with Gasteiger partial charge in [-0.1, -0.05) is 12.1 Å². The second kappa shape index (κ2) is 5.40. The predicted octanol–water partition coefficient (Wildman–Crippen LogP) is 3.03. The zero-order valence-electron chi connectivity index (χ0n) is 10.1. The van der Waals surface area contributed by atoms with E-state index < -0.39 is 0 Å². The van der Waals surface area contributed by atoms with Crippen molar-refractivity contribution in [1.82, 2.24) is 0 Å². The Hall–Kier alpha value is -2.23. The molecule has 0 radical (unpaired) electrons. The summed E-state index contributed by atoms with van der Waals surface area (Å²) in [5, 5.41) is 3.12. The summed E-state index contributed by atoms with van der Waals surface area (Å²) in [6.45, 7) is 0.604. The average Bonchev–Trinajstić information content (AvgIpc) is 2.36. The van der Waals surface area contributed by atoms with Crippen LogP contribution in [0.4, 0.5) is 15.8 Å². The Bertz CT molecular complexity index is 506. The minimum absolute atomic E-state index is 0.341. The first-order valence-electron chi connectivity index (χ1n) is 5.60. The van der Waals surface area contributed by atoms with E-state index in [0.717, 1.165) is 11.3 Å². The SMILES string of the molecule is COc1ccc(CNc2cc(N)cc(F)c2)cc1. The Kier molecular flexibility index (Phi) is 3.67. The van der Waals surface area contributed by atoms with Gasteiger partial charge < -0.3 is 15.8 Å². The van der Waals surface area contributed by atoms with Gasteiger partial charge in [0.2, 0.25) is 0 Å². The molecular weight excluding hydrogens is 231 g/mol. The van der Waals surface area contributed by atoms with Crippen LogP contribution in [0.15, 0.2) is 42.5 Å².